The topological polar surface area (TPSA) is 32.3 Å². The molecule has 0 amide bonds. The molecule has 2 aromatic carbocycles. The van der Waals surface area contributed by atoms with Gasteiger partial charge in [0, 0.05) is 18.3 Å². The van der Waals surface area contributed by atoms with Gasteiger partial charge in [0.1, 0.15) is 5.82 Å². The molecule has 0 radical (unpaired) electrons. The second-order valence-corrected chi connectivity index (χ2v) is 4.32. The third-order valence-corrected chi connectivity index (χ3v) is 2.81. The van der Waals surface area contributed by atoms with E-state index in [1.165, 1.54) is 6.07 Å². The van der Waals surface area contributed by atoms with E-state index in [0.29, 0.717) is 6.07 Å². The standard InChI is InChI=1S/C14H10F5NO/c15-9-2-1-8(11(5-9)14(17,18)19)7-20-10-3-4-13(21)12(16)6-10/h1-6,20-21H,7H2. The van der Waals surface area contributed by atoms with E-state index >= 15 is 0 Å². The van der Waals surface area contributed by atoms with E-state index in [-0.39, 0.29) is 17.8 Å². The molecule has 0 aliphatic rings. The molecule has 0 saturated heterocycles. The lowest BCUT2D eigenvalue weighted by atomic mass is 10.1. The molecule has 0 atom stereocenters. The highest BCUT2D eigenvalue weighted by Crippen LogP contribution is 2.33. The van der Waals surface area contributed by atoms with Gasteiger partial charge in [-0.2, -0.15) is 13.2 Å². The number of phenols is 1. The Kier molecular flexibility index (Phi) is 4.02. The van der Waals surface area contributed by atoms with Gasteiger partial charge in [-0.3, -0.25) is 0 Å². The molecule has 0 bridgehead atoms. The van der Waals surface area contributed by atoms with Crippen LogP contribution in [0, 0.1) is 11.6 Å². The van der Waals surface area contributed by atoms with Crippen molar-refractivity contribution in [2.75, 3.05) is 5.32 Å². The van der Waals surface area contributed by atoms with Gasteiger partial charge in [0.05, 0.1) is 5.56 Å². The van der Waals surface area contributed by atoms with Crippen LogP contribution < -0.4 is 5.32 Å². The predicted octanol–water partition coefficient (Wildman–Crippen LogP) is 4.30. The number of aromatic hydroxyl groups is 1. The highest BCUT2D eigenvalue weighted by molar-refractivity contribution is 5.48. The Morgan fingerprint density at radius 2 is 1.71 bits per heavy atom. The van der Waals surface area contributed by atoms with E-state index in [2.05, 4.69) is 5.32 Å². The molecule has 0 aliphatic carbocycles. The molecule has 7 heteroatoms. The van der Waals surface area contributed by atoms with Crippen LogP contribution in [-0.4, -0.2) is 5.11 Å². The number of rotatable bonds is 3. The molecule has 0 heterocycles. The maximum atomic E-state index is 13.1. The van der Waals surface area contributed by atoms with E-state index in [1.54, 1.807) is 0 Å². The summed E-state index contributed by atoms with van der Waals surface area (Å²) < 4.78 is 64.4. The Bertz CT molecular complexity index is 654. The van der Waals surface area contributed by atoms with Crippen LogP contribution in [0.4, 0.5) is 27.6 Å². The Balaban J connectivity index is 2.22. The van der Waals surface area contributed by atoms with Gasteiger partial charge >= 0.3 is 6.18 Å². The average Bonchev–Trinajstić information content (AvgIpc) is 2.40. The zero-order valence-corrected chi connectivity index (χ0v) is 10.5. The summed E-state index contributed by atoms with van der Waals surface area (Å²) in [4.78, 5) is 0. The summed E-state index contributed by atoms with van der Waals surface area (Å²) in [7, 11) is 0. The van der Waals surface area contributed by atoms with Crippen LogP contribution in [-0.2, 0) is 12.7 Å². The first kappa shape index (κ1) is 15.1. The Hall–Kier alpha value is -2.31. The molecule has 2 N–H and O–H groups in total. The first-order valence-electron chi connectivity index (χ1n) is 5.85. The number of nitrogens with one attached hydrogen (secondary N) is 1. The summed E-state index contributed by atoms with van der Waals surface area (Å²) in [5.74, 6) is -2.43. The van der Waals surface area contributed by atoms with Gasteiger partial charge in [-0.15, -0.1) is 0 Å². The molecular weight excluding hydrogens is 293 g/mol. The van der Waals surface area contributed by atoms with E-state index in [0.717, 1.165) is 24.3 Å². The molecule has 0 aromatic heterocycles. The minimum atomic E-state index is -4.68. The fourth-order valence-electron chi connectivity index (χ4n) is 1.78. The molecule has 0 unspecified atom stereocenters. The third-order valence-electron chi connectivity index (χ3n) is 2.81. The zero-order valence-electron chi connectivity index (χ0n) is 10.5. The predicted molar refractivity (Wildman–Crippen MR) is 66.8 cm³/mol. The number of anilines is 1. The van der Waals surface area contributed by atoms with Crippen molar-refractivity contribution in [3.63, 3.8) is 0 Å². The normalized spacial score (nSPS) is 11.5. The quantitative estimate of drug-likeness (QED) is 0.654. The van der Waals surface area contributed by atoms with Crippen LogP contribution in [0.5, 0.6) is 5.75 Å². The first-order valence-corrected chi connectivity index (χ1v) is 5.85. The van der Waals surface area contributed by atoms with Gasteiger partial charge in [0.25, 0.3) is 0 Å². The first-order chi connectivity index (χ1) is 9.77. The summed E-state index contributed by atoms with van der Waals surface area (Å²) in [6, 6.07) is 5.69. The molecule has 0 aliphatic heterocycles. The van der Waals surface area contributed by atoms with Crippen LogP contribution in [0.25, 0.3) is 0 Å². The van der Waals surface area contributed by atoms with Crippen LogP contribution in [0.2, 0.25) is 0 Å². The molecule has 2 rings (SSSR count). The van der Waals surface area contributed by atoms with Crippen molar-refractivity contribution in [2.24, 2.45) is 0 Å². The summed E-state index contributed by atoms with van der Waals surface area (Å²) >= 11 is 0. The van der Waals surface area contributed by atoms with Gasteiger partial charge in [0.15, 0.2) is 11.6 Å². The van der Waals surface area contributed by atoms with Crippen LogP contribution in [0.3, 0.4) is 0 Å². The largest absolute Gasteiger partial charge is 0.505 e. The van der Waals surface area contributed by atoms with Gasteiger partial charge in [0.2, 0.25) is 0 Å². The lowest BCUT2D eigenvalue weighted by molar-refractivity contribution is -0.138. The van der Waals surface area contributed by atoms with Gasteiger partial charge in [-0.05, 0) is 29.8 Å². The van der Waals surface area contributed by atoms with Crippen LogP contribution in [0.15, 0.2) is 36.4 Å². The van der Waals surface area contributed by atoms with Gasteiger partial charge < -0.3 is 10.4 Å². The van der Waals surface area contributed by atoms with Crippen LogP contribution in [0.1, 0.15) is 11.1 Å². The highest BCUT2D eigenvalue weighted by Gasteiger charge is 2.33. The fraction of sp³-hybridized carbons (Fsp3) is 0.143. The van der Waals surface area contributed by atoms with Crippen molar-refractivity contribution in [1.82, 2.24) is 0 Å². The van der Waals surface area contributed by atoms with Gasteiger partial charge in [-0.25, -0.2) is 8.78 Å². The lowest BCUT2D eigenvalue weighted by Gasteiger charge is -2.14. The molecule has 2 nitrogen and oxygen atoms in total. The summed E-state index contributed by atoms with van der Waals surface area (Å²) in [5, 5.41) is 11.6. The second-order valence-electron chi connectivity index (χ2n) is 4.32. The zero-order chi connectivity index (χ0) is 15.6. The molecule has 112 valence electrons. The average molecular weight is 303 g/mol. The van der Waals surface area contributed by atoms with Crippen molar-refractivity contribution >= 4 is 5.69 Å². The molecule has 0 spiro atoms. The number of alkyl halides is 3. The maximum Gasteiger partial charge on any atom is 0.416 e. The number of hydrogen-bond donors (Lipinski definition) is 2. The van der Waals surface area contributed by atoms with Crippen molar-refractivity contribution in [2.45, 2.75) is 12.7 Å². The fourth-order valence-corrected chi connectivity index (χ4v) is 1.78. The Morgan fingerprint density at radius 1 is 1.00 bits per heavy atom. The molecule has 0 saturated carbocycles. The maximum absolute atomic E-state index is 13.1. The van der Waals surface area contributed by atoms with Crippen molar-refractivity contribution in [1.29, 1.82) is 0 Å². The van der Waals surface area contributed by atoms with E-state index in [9.17, 15) is 22.0 Å². The highest BCUT2D eigenvalue weighted by atomic mass is 19.4. The minimum absolute atomic E-state index is 0.169. The van der Waals surface area contributed by atoms with Crippen LogP contribution >= 0.6 is 0 Å². The summed E-state index contributed by atoms with van der Waals surface area (Å²) in [6.07, 6.45) is -4.68. The Labute approximate surface area is 116 Å². The summed E-state index contributed by atoms with van der Waals surface area (Å²) in [6.45, 7) is -0.265. The summed E-state index contributed by atoms with van der Waals surface area (Å²) in [5.41, 5.74) is -1.06. The number of phenolic OH excluding ortho intramolecular Hbond substituents is 1. The minimum Gasteiger partial charge on any atom is -0.505 e. The van der Waals surface area contributed by atoms with Crippen molar-refractivity contribution < 1.29 is 27.1 Å². The molecule has 2 aromatic rings. The Morgan fingerprint density at radius 3 is 2.33 bits per heavy atom. The molecule has 0 fully saturated rings. The lowest BCUT2D eigenvalue weighted by Crippen LogP contribution is -2.12. The van der Waals surface area contributed by atoms with E-state index < -0.39 is 29.1 Å². The van der Waals surface area contributed by atoms with Crippen molar-refractivity contribution in [3.8, 4) is 5.75 Å². The van der Waals surface area contributed by atoms with E-state index in [4.69, 9.17) is 5.11 Å². The second kappa shape index (κ2) is 5.59. The number of benzene rings is 2. The molecular formula is C14H10F5NO. The van der Waals surface area contributed by atoms with Crippen molar-refractivity contribution in [3.05, 3.63) is 59.2 Å². The molecule has 21 heavy (non-hydrogen) atoms. The number of hydrogen-bond acceptors (Lipinski definition) is 2. The number of halogens is 5. The SMILES string of the molecule is Oc1ccc(NCc2ccc(F)cc2C(F)(F)F)cc1F. The monoisotopic (exact) mass is 303 g/mol. The smallest absolute Gasteiger partial charge is 0.416 e. The van der Waals surface area contributed by atoms with E-state index in [1.807, 2.05) is 0 Å². The van der Waals surface area contributed by atoms with Gasteiger partial charge in [-0.1, -0.05) is 6.07 Å². The third kappa shape index (κ3) is 3.62.